The molecule has 8 nitrogen and oxygen atoms in total. The lowest BCUT2D eigenvalue weighted by Gasteiger charge is -2.07. The second-order valence-electron chi connectivity index (χ2n) is 6.48. The maximum Gasteiger partial charge on any atom is 0.341 e. The molecule has 2 aromatic heterocycles. The summed E-state index contributed by atoms with van der Waals surface area (Å²) in [7, 11) is 1.85. The van der Waals surface area contributed by atoms with E-state index in [4.69, 9.17) is 9.47 Å². The first-order valence-electron chi connectivity index (χ1n) is 9.75. The first-order chi connectivity index (χ1) is 14.9. The van der Waals surface area contributed by atoms with Crippen LogP contribution in [0.3, 0.4) is 0 Å². The zero-order valence-electron chi connectivity index (χ0n) is 17.8. The average molecular weight is 461 g/mol. The molecule has 10 heteroatoms. The summed E-state index contributed by atoms with van der Waals surface area (Å²) in [6, 6.07) is 9.34. The summed E-state index contributed by atoms with van der Waals surface area (Å²) in [6.45, 7) is 6.44. The average Bonchev–Trinajstić information content (AvgIpc) is 3.29. The van der Waals surface area contributed by atoms with E-state index < -0.39 is 5.97 Å². The highest BCUT2D eigenvalue weighted by molar-refractivity contribution is 7.99. The van der Waals surface area contributed by atoms with Crippen molar-refractivity contribution in [3.63, 3.8) is 0 Å². The van der Waals surface area contributed by atoms with Gasteiger partial charge < -0.3 is 19.4 Å². The Balaban J connectivity index is 1.63. The highest BCUT2D eigenvalue weighted by Crippen LogP contribution is 2.29. The van der Waals surface area contributed by atoms with Gasteiger partial charge in [-0.25, -0.2) is 4.79 Å². The second-order valence-corrected chi connectivity index (χ2v) is 8.68. The number of anilines is 1. The Labute approximate surface area is 189 Å². The molecule has 0 fully saturated rings. The molecule has 0 unspecified atom stereocenters. The number of aryl methyl sites for hydroxylation is 1. The molecule has 1 aromatic carbocycles. The number of nitrogens with zero attached hydrogens (tertiary/aromatic N) is 3. The van der Waals surface area contributed by atoms with Gasteiger partial charge in [-0.3, -0.25) is 4.79 Å². The first kappa shape index (κ1) is 22.8. The fourth-order valence-electron chi connectivity index (χ4n) is 2.82. The smallest absolute Gasteiger partial charge is 0.341 e. The standard InChI is InChI=1S/C21H24N4O4S2/c1-5-28-15-9-7-14(8-10-15)18-23-24-21(25(18)4)30-12-17(26)22-19-16(11-13(3)31-19)20(27)29-6-2/h7-11H,5-6,12H2,1-4H3,(H,22,26). The van der Waals surface area contributed by atoms with E-state index in [1.54, 1.807) is 13.0 Å². The van der Waals surface area contributed by atoms with E-state index in [2.05, 4.69) is 15.5 Å². The highest BCUT2D eigenvalue weighted by atomic mass is 32.2. The van der Waals surface area contributed by atoms with Crippen LogP contribution in [-0.2, 0) is 16.6 Å². The fraction of sp³-hybridized carbons (Fsp3) is 0.333. The van der Waals surface area contributed by atoms with Crippen molar-refractivity contribution in [1.29, 1.82) is 0 Å². The van der Waals surface area contributed by atoms with Crippen LogP contribution in [0.25, 0.3) is 11.4 Å². The number of hydrogen-bond acceptors (Lipinski definition) is 8. The van der Waals surface area contributed by atoms with Gasteiger partial charge in [0.1, 0.15) is 10.8 Å². The zero-order chi connectivity index (χ0) is 22.4. The van der Waals surface area contributed by atoms with Crippen LogP contribution in [0.1, 0.15) is 29.1 Å². The van der Waals surface area contributed by atoms with Crippen LogP contribution >= 0.6 is 23.1 Å². The Morgan fingerprint density at radius 1 is 1.16 bits per heavy atom. The van der Waals surface area contributed by atoms with Gasteiger partial charge in [-0.15, -0.1) is 21.5 Å². The number of hydrogen-bond donors (Lipinski definition) is 1. The van der Waals surface area contributed by atoms with Crippen LogP contribution < -0.4 is 10.1 Å². The highest BCUT2D eigenvalue weighted by Gasteiger charge is 2.19. The topological polar surface area (TPSA) is 95.3 Å². The lowest BCUT2D eigenvalue weighted by Crippen LogP contribution is -2.16. The van der Waals surface area contributed by atoms with Crippen molar-refractivity contribution in [2.45, 2.75) is 25.9 Å². The minimum absolute atomic E-state index is 0.133. The van der Waals surface area contributed by atoms with Crippen molar-refractivity contribution in [3.8, 4) is 17.1 Å². The Kier molecular flexibility index (Phi) is 7.69. The minimum Gasteiger partial charge on any atom is -0.494 e. The van der Waals surface area contributed by atoms with Crippen molar-refractivity contribution in [2.75, 3.05) is 24.3 Å². The molecule has 31 heavy (non-hydrogen) atoms. The Morgan fingerprint density at radius 3 is 2.58 bits per heavy atom. The van der Waals surface area contributed by atoms with Gasteiger partial charge in [0.25, 0.3) is 0 Å². The number of carbonyl (C=O) groups is 2. The second kappa shape index (κ2) is 10.5. The molecule has 0 bridgehead atoms. The maximum absolute atomic E-state index is 12.5. The van der Waals surface area contributed by atoms with E-state index >= 15 is 0 Å². The number of rotatable bonds is 9. The monoisotopic (exact) mass is 460 g/mol. The summed E-state index contributed by atoms with van der Waals surface area (Å²) in [5.74, 6) is 0.954. The molecule has 2 heterocycles. The van der Waals surface area contributed by atoms with Crippen molar-refractivity contribution < 1.29 is 19.1 Å². The first-order valence-corrected chi connectivity index (χ1v) is 11.6. The number of thioether (sulfide) groups is 1. The Bertz CT molecular complexity index is 1060. The summed E-state index contributed by atoms with van der Waals surface area (Å²) >= 11 is 2.62. The normalized spacial score (nSPS) is 10.7. The Morgan fingerprint density at radius 2 is 1.90 bits per heavy atom. The molecule has 3 aromatic rings. The number of benzene rings is 1. The van der Waals surface area contributed by atoms with Gasteiger partial charge in [-0.05, 0) is 51.1 Å². The molecule has 1 amide bonds. The Hall–Kier alpha value is -2.85. The predicted molar refractivity (Wildman–Crippen MR) is 122 cm³/mol. The van der Waals surface area contributed by atoms with E-state index in [0.717, 1.165) is 16.2 Å². The van der Waals surface area contributed by atoms with E-state index in [9.17, 15) is 9.59 Å². The molecule has 0 spiro atoms. The molecule has 0 aliphatic rings. The lowest BCUT2D eigenvalue weighted by molar-refractivity contribution is -0.113. The number of esters is 1. The van der Waals surface area contributed by atoms with Crippen LogP contribution in [0.5, 0.6) is 5.75 Å². The molecule has 0 aliphatic carbocycles. The van der Waals surface area contributed by atoms with Gasteiger partial charge in [0.05, 0.1) is 24.5 Å². The number of aromatic nitrogens is 3. The van der Waals surface area contributed by atoms with Crippen LogP contribution in [0.4, 0.5) is 5.00 Å². The van der Waals surface area contributed by atoms with Crippen LogP contribution in [0.15, 0.2) is 35.5 Å². The van der Waals surface area contributed by atoms with E-state index in [1.807, 2.05) is 49.7 Å². The van der Waals surface area contributed by atoms with Gasteiger partial charge in [0.2, 0.25) is 5.91 Å². The summed E-state index contributed by atoms with van der Waals surface area (Å²) in [4.78, 5) is 25.5. The van der Waals surface area contributed by atoms with Gasteiger partial charge in [-0.1, -0.05) is 11.8 Å². The van der Waals surface area contributed by atoms with E-state index in [0.29, 0.717) is 28.2 Å². The van der Waals surface area contributed by atoms with Gasteiger partial charge in [-0.2, -0.15) is 0 Å². The SMILES string of the molecule is CCOC(=O)c1cc(C)sc1NC(=O)CSc1nnc(-c2ccc(OCC)cc2)n1C. The van der Waals surface area contributed by atoms with Crippen LogP contribution in [0.2, 0.25) is 0 Å². The molecule has 1 N–H and O–H groups in total. The fourth-order valence-corrected chi connectivity index (χ4v) is 4.45. The predicted octanol–water partition coefficient (Wildman–Crippen LogP) is 4.16. The van der Waals surface area contributed by atoms with Crippen molar-refractivity contribution in [3.05, 3.63) is 40.8 Å². The molecule has 164 valence electrons. The third-order valence-corrected chi connectivity index (χ3v) is 6.18. The van der Waals surface area contributed by atoms with Gasteiger partial charge >= 0.3 is 5.97 Å². The van der Waals surface area contributed by atoms with Crippen molar-refractivity contribution >= 4 is 40.0 Å². The lowest BCUT2D eigenvalue weighted by atomic mass is 10.2. The van der Waals surface area contributed by atoms with E-state index in [-0.39, 0.29) is 18.3 Å². The molecule has 3 rings (SSSR count). The quantitative estimate of drug-likeness (QED) is 0.378. The molecule has 0 saturated carbocycles. The van der Waals surface area contributed by atoms with Crippen LogP contribution in [0, 0.1) is 6.92 Å². The molecule has 0 radical (unpaired) electrons. The minimum atomic E-state index is -0.442. The van der Waals surface area contributed by atoms with E-state index in [1.165, 1.54) is 23.1 Å². The van der Waals surface area contributed by atoms with Crippen molar-refractivity contribution in [2.24, 2.45) is 7.05 Å². The summed E-state index contributed by atoms with van der Waals surface area (Å²) in [6.07, 6.45) is 0. The number of ether oxygens (including phenoxy) is 2. The maximum atomic E-state index is 12.5. The van der Waals surface area contributed by atoms with Gasteiger partial charge in [0, 0.05) is 17.5 Å². The number of amides is 1. The van der Waals surface area contributed by atoms with Crippen LogP contribution in [-0.4, -0.2) is 45.6 Å². The molecule has 0 aliphatic heterocycles. The molecular weight excluding hydrogens is 436 g/mol. The summed E-state index contributed by atoms with van der Waals surface area (Å²) in [5.41, 5.74) is 1.28. The third-order valence-electron chi connectivity index (χ3n) is 4.19. The molecule has 0 saturated heterocycles. The number of nitrogens with one attached hydrogen (secondary N) is 1. The third kappa shape index (κ3) is 5.65. The van der Waals surface area contributed by atoms with Crippen molar-refractivity contribution in [1.82, 2.24) is 14.8 Å². The largest absolute Gasteiger partial charge is 0.494 e. The summed E-state index contributed by atoms with van der Waals surface area (Å²) < 4.78 is 12.4. The van der Waals surface area contributed by atoms with Gasteiger partial charge in [0.15, 0.2) is 11.0 Å². The molecular formula is C21H24N4O4S2. The summed E-state index contributed by atoms with van der Waals surface area (Å²) in [5, 5.41) is 12.4. The zero-order valence-corrected chi connectivity index (χ0v) is 19.4. The number of carbonyl (C=O) groups excluding carboxylic acids is 2. The molecule has 0 atom stereocenters. The number of thiophene rings is 1.